The molecule has 0 spiro atoms. The maximum Gasteiger partial charge on any atom is 0.239 e. The lowest BCUT2D eigenvalue weighted by Gasteiger charge is -2.20. The smallest absolute Gasteiger partial charge is 0.239 e. The second kappa shape index (κ2) is 9.19. The van der Waals surface area contributed by atoms with Crippen LogP contribution in [0, 0.1) is 27.7 Å². The van der Waals surface area contributed by atoms with Gasteiger partial charge in [-0.15, -0.1) is 0 Å². The zero-order chi connectivity index (χ0) is 21.8. The van der Waals surface area contributed by atoms with Crippen LogP contribution in [0.4, 0.5) is 11.4 Å². The minimum Gasteiger partial charge on any atom is -0.325 e. The van der Waals surface area contributed by atoms with Crippen LogP contribution in [0.2, 0.25) is 0 Å². The van der Waals surface area contributed by atoms with Gasteiger partial charge in [-0.05, 0) is 62.1 Å². The van der Waals surface area contributed by atoms with Crippen molar-refractivity contribution in [2.45, 2.75) is 27.7 Å². The summed E-state index contributed by atoms with van der Waals surface area (Å²) in [5.41, 5.74) is 5.05. The molecule has 2 amide bonds. The highest BCUT2D eigenvalue weighted by Crippen LogP contribution is 2.19. The van der Waals surface area contributed by atoms with Crippen molar-refractivity contribution in [1.82, 2.24) is 4.31 Å². The number of nitrogens with zero attached hydrogens (tertiary/aromatic N) is 1. The molecule has 0 saturated carbocycles. The van der Waals surface area contributed by atoms with E-state index < -0.39 is 34.9 Å². The largest absolute Gasteiger partial charge is 0.325 e. The summed E-state index contributed by atoms with van der Waals surface area (Å²) in [6.07, 6.45) is 0.976. The van der Waals surface area contributed by atoms with Crippen molar-refractivity contribution >= 4 is 33.2 Å². The van der Waals surface area contributed by atoms with Gasteiger partial charge in [0.25, 0.3) is 0 Å². The van der Waals surface area contributed by atoms with E-state index >= 15 is 0 Å². The Kier molecular flexibility index (Phi) is 7.16. The molecule has 0 aliphatic heterocycles. The Balaban J connectivity index is 2.09. The summed E-state index contributed by atoms with van der Waals surface area (Å²) in [6.45, 7) is 6.68. The molecule has 0 saturated heterocycles. The average Bonchev–Trinajstić information content (AvgIpc) is 2.61. The van der Waals surface area contributed by atoms with Crippen molar-refractivity contribution < 1.29 is 18.0 Å². The zero-order valence-electron chi connectivity index (χ0n) is 17.4. The lowest BCUT2D eigenvalue weighted by atomic mass is 10.1. The van der Waals surface area contributed by atoms with Crippen molar-refractivity contribution in [2.75, 3.05) is 30.0 Å². The summed E-state index contributed by atoms with van der Waals surface area (Å²) < 4.78 is 25.1. The van der Waals surface area contributed by atoms with Gasteiger partial charge < -0.3 is 10.6 Å². The lowest BCUT2D eigenvalue weighted by Crippen LogP contribution is -2.42. The molecular weight excluding hydrogens is 390 g/mol. The van der Waals surface area contributed by atoms with Gasteiger partial charge in [0, 0.05) is 11.4 Å². The molecule has 0 aliphatic rings. The molecular formula is C21H27N3O4S. The maximum absolute atomic E-state index is 12.4. The molecule has 2 aromatic rings. The molecule has 0 bridgehead atoms. The monoisotopic (exact) mass is 417 g/mol. The van der Waals surface area contributed by atoms with Crippen LogP contribution in [0.3, 0.4) is 0 Å². The van der Waals surface area contributed by atoms with Crippen LogP contribution < -0.4 is 10.6 Å². The Morgan fingerprint density at radius 1 is 0.793 bits per heavy atom. The van der Waals surface area contributed by atoms with E-state index in [1.807, 2.05) is 52.0 Å². The van der Waals surface area contributed by atoms with E-state index in [-0.39, 0.29) is 0 Å². The van der Waals surface area contributed by atoms with Gasteiger partial charge in [0.2, 0.25) is 21.8 Å². The summed E-state index contributed by atoms with van der Waals surface area (Å²) in [5.74, 6) is -1.02. The average molecular weight is 418 g/mol. The third kappa shape index (κ3) is 6.13. The fourth-order valence-electron chi connectivity index (χ4n) is 2.76. The number of nitrogens with one attached hydrogen (secondary N) is 2. The second-order valence-electron chi connectivity index (χ2n) is 7.12. The summed E-state index contributed by atoms with van der Waals surface area (Å²) in [6, 6.07) is 11.0. The number of benzene rings is 2. The van der Waals surface area contributed by atoms with Gasteiger partial charge in [-0.25, -0.2) is 8.42 Å². The number of carbonyl (C=O) groups excluding carboxylic acids is 2. The quantitative estimate of drug-likeness (QED) is 0.724. The van der Waals surface area contributed by atoms with Crippen LogP contribution in [0.5, 0.6) is 0 Å². The molecule has 29 heavy (non-hydrogen) atoms. The van der Waals surface area contributed by atoms with Crippen LogP contribution in [0.15, 0.2) is 36.4 Å². The Bertz CT molecular complexity index is 965. The number of carbonyl (C=O) groups is 2. The third-order valence-electron chi connectivity index (χ3n) is 4.87. The first-order chi connectivity index (χ1) is 13.5. The molecule has 0 fully saturated rings. The van der Waals surface area contributed by atoms with E-state index in [0.29, 0.717) is 11.4 Å². The highest BCUT2D eigenvalue weighted by molar-refractivity contribution is 7.88. The molecule has 2 rings (SSSR count). The Labute approximate surface area is 172 Å². The number of sulfonamides is 1. The highest BCUT2D eigenvalue weighted by atomic mass is 32.2. The van der Waals surface area contributed by atoms with Gasteiger partial charge in [0.1, 0.15) is 0 Å². The van der Waals surface area contributed by atoms with Gasteiger partial charge >= 0.3 is 0 Å². The molecule has 2 N–H and O–H groups in total. The molecule has 0 aromatic heterocycles. The predicted molar refractivity (Wildman–Crippen MR) is 116 cm³/mol. The van der Waals surface area contributed by atoms with Gasteiger partial charge in [-0.1, -0.05) is 24.3 Å². The zero-order valence-corrected chi connectivity index (χ0v) is 18.2. The van der Waals surface area contributed by atoms with Crippen LogP contribution in [-0.4, -0.2) is 43.9 Å². The topological polar surface area (TPSA) is 95.6 Å². The number of hydrogen-bond donors (Lipinski definition) is 2. The van der Waals surface area contributed by atoms with Gasteiger partial charge in [0.15, 0.2) is 0 Å². The molecule has 2 aromatic carbocycles. The molecule has 0 atom stereocenters. The Morgan fingerprint density at radius 2 is 1.17 bits per heavy atom. The Morgan fingerprint density at radius 3 is 1.52 bits per heavy atom. The molecule has 0 heterocycles. The Hall–Kier alpha value is -2.71. The minimum absolute atomic E-state index is 0.452. The van der Waals surface area contributed by atoms with E-state index in [4.69, 9.17) is 0 Å². The standard InChI is InChI=1S/C21H27N3O4S/c1-14-8-6-10-18(16(14)3)22-20(25)12-24(29(5,27)28)13-21(26)23-19-11-7-9-15(2)17(19)4/h6-11H,12-13H2,1-5H3,(H,22,25)(H,23,26). The van der Waals surface area contributed by atoms with Crippen LogP contribution >= 0.6 is 0 Å². The van der Waals surface area contributed by atoms with Gasteiger partial charge in [-0.3, -0.25) is 9.59 Å². The molecule has 0 unspecified atom stereocenters. The number of rotatable bonds is 7. The summed E-state index contributed by atoms with van der Waals surface area (Å²) >= 11 is 0. The fraction of sp³-hybridized carbons (Fsp3) is 0.333. The van der Waals surface area contributed by atoms with Crippen molar-refractivity contribution in [1.29, 1.82) is 0 Å². The van der Waals surface area contributed by atoms with E-state index in [1.165, 1.54) is 0 Å². The molecule has 156 valence electrons. The van der Waals surface area contributed by atoms with Gasteiger partial charge in [0.05, 0.1) is 19.3 Å². The van der Waals surface area contributed by atoms with Crippen molar-refractivity contribution in [2.24, 2.45) is 0 Å². The van der Waals surface area contributed by atoms with Crippen molar-refractivity contribution in [3.63, 3.8) is 0 Å². The first-order valence-corrected chi connectivity index (χ1v) is 11.0. The maximum atomic E-state index is 12.4. The SMILES string of the molecule is Cc1cccc(NC(=O)CN(CC(=O)Nc2cccc(C)c2C)S(C)(=O)=O)c1C. The summed E-state index contributed by atoms with van der Waals surface area (Å²) in [5, 5.41) is 5.43. The summed E-state index contributed by atoms with van der Waals surface area (Å²) in [7, 11) is -3.76. The number of aryl methyl sites for hydroxylation is 2. The van der Waals surface area contributed by atoms with Crippen LogP contribution in [0.1, 0.15) is 22.3 Å². The van der Waals surface area contributed by atoms with Crippen molar-refractivity contribution in [3.05, 3.63) is 58.7 Å². The van der Waals surface area contributed by atoms with E-state index in [9.17, 15) is 18.0 Å². The van der Waals surface area contributed by atoms with Crippen LogP contribution in [-0.2, 0) is 19.6 Å². The first kappa shape index (κ1) is 22.6. The normalized spacial score (nSPS) is 11.4. The third-order valence-corrected chi connectivity index (χ3v) is 6.06. The number of hydrogen-bond acceptors (Lipinski definition) is 4. The fourth-order valence-corrected chi connectivity index (χ4v) is 3.47. The number of amides is 2. The van der Waals surface area contributed by atoms with Crippen molar-refractivity contribution in [3.8, 4) is 0 Å². The van der Waals surface area contributed by atoms with Crippen LogP contribution in [0.25, 0.3) is 0 Å². The van der Waals surface area contributed by atoms with Gasteiger partial charge in [-0.2, -0.15) is 4.31 Å². The van der Waals surface area contributed by atoms with E-state index in [0.717, 1.165) is 32.8 Å². The molecule has 7 nitrogen and oxygen atoms in total. The summed E-state index contributed by atoms with van der Waals surface area (Å²) in [4.78, 5) is 24.8. The predicted octanol–water partition coefficient (Wildman–Crippen LogP) is 2.76. The molecule has 8 heteroatoms. The highest BCUT2D eigenvalue weighted by Gasteiger charge is 2.23. The van der Waals surface area contributed by atoms with E-state index in [2.05, 4.69) is 10.6 Å². The number of anilines is 2. The second-order valence-corrected chi connectivity index (χ2v) is 9.10. The molecule has 0 radical (unpaired) electrons. The first-order valence-electron chi connectivity index (χ1n) is 9.16. The van der Waals surface area contributed by atoms with E-state index in [1.54, 1.807) is 12.1 Å². The lowest BCUT2D eigenvalue weighted by molar-refractivity contribution is -0.118. The molecule has 0 aliphatic carbocycles. The minimum atomic E-state index is -3.76.